The van der Waals surface area contributed by atoms with E-state index in [1.165, 1.54) is 4.90 Å². The molecule has 1 aliphatic rings. The summed E-state index contributed by atoms with van der Waals surface area (Å²) < 4.78 is 40.1. The average molecular weight is 1090 g/mol. The highest BCUT2D eigenvalue weighted by atomic mass is 16.6. The van der Waals surface area contributed by atoms with E-state index in [9.17, 15) is 33.6 Å². The molecule has 0 aliphatic carbocycles. The van der Waals surface area contributed by atoms with Crippen LogP contribution in [0.3, 0.4) is 0 Å². The van der Waals surface area contributed by atoms with E-state index in [1.807, 2.05) is 0 Å². The first-order valence-corrected chi connectivity index (χ1v) is 30.7. The highest BCUT2D eigenvalue weighted by molar-refractivity contribution is 5.73. The molecule has 1 amide bonds. The van der Waals surface area contributed by atoms with Crippen molar-refractivity contribution < 1.29 is 66.7 Å². The lowest BCUT2D eigenvalue weighted by Crippen LogP contribution is -2.43. The molecule has 1 aliphatic heterocycles. The van der Waals surface area contributed by atoms with Crippen LogP contribution in [0.15, 0.2) is 12.2 Å². The maximum atomic E-state index is 13.8. The molecule has 0 saturated heterocycles. The molecule has 77 heavy (non-hydrogen) atoms. The molecule has 0 radical (unpaired) electrons. The third kappa shape index (κ3) is 40.6. The Labute approximate surface area is 465 Å². The van der Waals surface area contributed by atoms with Crippen molar-refractivity contribution in [1.29, 1.82) is 0 Å². The van der Waals surface area contributed by atoms with Crippen LogP contribution in [0, 0.1) is 11.8 Å². The first-order chi connectivity index (χ1) is 37.4. The van der Waals surface area contributed by atoms with Crippen LogP contribution in [0.4, 0.5) is 4.79 Å². The molecular formula is C61H108N2O14. The largest absolute Gasteiger partial charge is 0.465 e. The van der Waals surface area contributed by atoms with Gasteiger partial charge in [-0.3, -0.25) is 33.7 Å². The molecule has 1 heterocycles. The van der Waals surface area contributed by atoms with Crippen molar-refractivity contribution in [2.24, 2.45) is 11.8 Å². The molecule has 1 rings (SSSR count). The van der Waals surface area contributed by atoms with Crippen LogP contribution < -0.4 is 0 Å². The third-order valence-corrected chi connectivity index (χ3v) is 13.6. The number of carbonyl (C=O) groups excluding carboxylic acids is 7. The molecule has 446 valence electrons. The van der Waals surface area contributed by atoms with Crippen molar-refractivity contribution in [2.45, 2.75) is 259 Å². The van der Waals surface area contributed by atoms with Gasteiger partial charge in [0, 0.05) is 44.1 Å². The van der Waals surface area contributed by atoms with Crippen molar-refractivity contribution in [3.8, 4) is 0 Å². The van der Waals surface area contributed by atoms with Gasteiger partial charge in [-0.15, -0.1) is 0 Å². The van der Waals surface area contributed by atoms with Crippen molar-refractivity contribution in [1.82, 2.24) is 9.80 Å². The number of esters is 6. The standard InChI is InChI=1S/C61H108N2O14/c1-7-13-17-21-25-29-33-55(64)72-47-51(48-73-56(65)34-30-26-22-18-14-8-2)43-59(68)76-53-37-38-54(46-63(45-53)61(70)71-42-41-62(39-11-5)40-12-6)77-60(69)44-52(49-74-57(66)35-31-27-23-19-15-9-3)50-75-58(67)36-32-28-24-20-16-10-4/h37-38,51-54H,7-36,39-50H2,1-6H3/t53-,54+. The van der Waals surface area contributed by atoms with Crippen LogP contribution in [0.1, 0.15) is 247 Å². The molecule has 0 unspecified atom stereocenters. The molecule has 0 saturated carbocycles. The zero-order chi connectivity index (χ0) is 56.6. The number of unbranched alkanes of at least 4 members (excludes halogenated alkanes) is 20. The van der Waals surface area contributed by atoms with Crippen molar-refractivity contribution >= 4 is 41.9 Å². The SMILES string of the molecule is CCCCCCCCC(=O)OCC(COC(=O)CCCCCCCC)CC(=O)O[C@@H]1C=C[C@H](OC(=O)CC(COC(=O)CCCCCCCC)COC(=O)CCCCCCCC)CN(C(=O)OCCN(CCC)CCC)C1. The lowest BCUT2D eigenvalue weighted by atomic mass is 10.1. The number of nitrogens with zero attached hydrogens (tertiary/aromatic N) is 2. The van der Waals surface area contributed by atoms with Crippen molar-refractivity contribution in [3.05, 3.63) is 12.2 Å². The highest BCUT2D eigenvalue weighted by Gasteiger charge is 2.31. The first-order valence-electron chi connectivity index (χ1n) is 30.7. The molecule has 16 nitrogen and oxygen atoms in total. The van der Waals surface area contributed by atoms with Gasteiger partial charge in [0.15, 0.2) is 0 Å². The Morgan fingerprint density at radius 2 is 0.688 bits per heavy atom. The van der Waals surface area contributed by atoms with Gasteiger partial charge in [0.2, 0.25) is 0 Å². The van der Waals surface area contributed by atoms with Gasteiger partial charge in [0.1, 0.15) is 18.8 Å². The van der Waals surface area contributed by atoms with Crippen molar-refractivity contribution in [2.75, 3.05) is 65.8 Å². The minimum atomic E-state index is -0.980. The molecule has 0 spiro atoms. The number of ether oxygens (including phenoxy) is 7. The fraction of sp³-hybridized carbons (Fsp3) is 0.852. The van der Waals surface area contributed by atoms with Gasteiger partial charge >= 0.3 is 41.9 Å². The Morgan fingerprint density at radius 1 is 0.390 bits per heavy atom. The molecule has 0 aromatic rings. The maximum absolute atomic E-state index is 13.8. The summed E-state index contributed by atoms with van der Waals surface area (Å²) >= 11 is 0. The normalized spacial score (nSPS) is 14.4. The molecule has 0 fully saturated rings. The van der Waals surface area contributed by atoms with Crippen LogP contribution in [0.2, 0.25) is 0 Å². The summed E-state index contributed by atoms with van der Waals surface area (Å²) in [5.74, 6) is -4.22. The predicted molar refractivity (Wildman–Crippen MR) is 301 cm³/mol. The summed E-state index contributed by atoms with van der Waals surface area (Å²) in [7, 11) is 0. The number of carbonyl (C=O) groups is 7. The zero-order valence-electron chi connectivity index (χ0n) is 49.3. The van der Waals surface area contributed by atoms with E-state index < -0.39 is 42.1 Å². The number of amides is 1. The fourth-order valence-corrected chi connectivity index (χ4v) is 9.07. The van der Waals surface area contributed by atoms with E-state index in [0.29, 0.717) is 32.2 Å². The summed E-state index contributed by atoms with van der Waals surface area (Å²) in [4.78, 5) is 96.0. The number of hydrogen-bond acceptors (Lipinski definition) is 15. The van der Waals surface area contributed by atoms with Gasteiger partial charge in [0.25, 0.3) is 0 Å². The maximum Gasteiger partial charge on any atom is 0.410 e. The van der Waals surface area contributed by atoms with Gasteiger partial charge < -0.3 is 38.1 Å². The zero-order valence-corrected chi connectivity index (χ0v) is 49.3. The van der Waals surface area contributed by atoms with Gasteiger partial charge in [-0.1, -0.05) is 170 Å². The van der Waals surface area contributed by atoms with Crippen LogP contribution in [-0.4, -0.2) is 130 Å². The molecule has 0 aromatic heterocycles. The summed E-state index contributed by atoms with van der Waals surface area (Å²) in [5.41, 5.74) is 0. The number of rotatable bonds is 49. The molecular weight excluding hydrogens is 985 g/mol. The lowest BCUT2D eigenvalue weighted by molar-refractivity contribution is -0.156. The monoisotopic (exact) mass is 1090 g/mol. The van der Waals surface area contributed by atoms with Gasteiger partial charge in [0.05, 0.1) is 52.4 Å². The van der Waals surface area contributed by atoms with E-state index in [1.54, 1.807) is 12.2 Å². The Balaban J connectivity index is 3.23. The first kappa shape index (κ1) is 70.8. The second-order valence-electron chi connectivity index (χ2n) is 21.2. The number of hydrogen-bond donors (Lipinski definition) is 0. The van der Waals surface area contributed by atoms with E-state index >= 15 is 0 Å². The van der Waals surface area contributed by atoms with Crippen LogP contribution in [-0.2, 0) is 61.9 Å². The third-order valence-electron chi connectivity index (χ3n) is 13.6. The topological polar surface area (TPSA) is 191 Å². The van der Waals surface area contributed by atoms with Crippen molar-refractivity contribution in [3.63, 3.8) is 0 Å². The molecule has 16 heteroatoms. The Bertz CT molecular complexity index is 1430. The molecule has 0 aromatic carbocycles. The van der Waals surface area contributed by atoms with E-state index in [-0.39, 0.29) is 109 Å². The second kappa shape index (κ2) is 48.9. The summed E-state index contributed by atoms with van der Waals surface area (Å²) in [6.07, 6.45) is 27.2. The van der Waals surface area contributed by atoms with E-state index in [0.717, 1.165) is 154 Å². The summed E-state index contributed by atoms with van der Waals surface area (Å²) in [6.45, 7) is 14.3. The molecule has 2 atom stereocenters. The fourth-order valence-electron chi connectivity index (χ4n) is 9.07. The van der Waals surface area contributed by atoms with Gasteiger partial charge in [-0.05, 0) is 63.8 Å². The minimum absolute atomic E-state index is 0.111. The van der Waals surface area contributed by atoms with Gasteiger partial charge in [-0.2, -0.15) is 0 Å². The molecule has 0 bridgehead atoms. The Morgan fingerprint density at radius 3 is 0.987 bits per heavy atom. The predicted octanol–water partition coefficient (Wildman–Crippen LogP) is 13.1. The van der Waals surface area contributed by atoms with Crippen LogP contribution in [0.25, 0.3) is 0 Å². The summed E-state index contributed by atoms with van der Waals surface area (Å²) in [5, 5.41) is 0. The van der Waals surface area contributed by atoms with Crippen LogP contribution >= 0.6 is 0 Å². The lowest BCUT2D eigenvalue weighted by Gasteiger charge is -2.27. The second-order valence-corrected chi connectivity index (χ2v) is 21.2. The summed E-state index contributed by atoms with van der Waals surface area (Å²) in [6, 6.07) is 0. The Kier molecular flexibility index (Phi) is 44.9. The highest BCUT2D eigenvalue weighted by Crippen LogP contribution is 2.19. The smallest absolute Gasteiger partial charge is 0.410 e. The average Bonchev–Trinajstić information content (AvgIpc) is 3.61. The van der Waals surface area contributed by atoms with E-state index in [4.69, 9.17) is 33.2 Å². The molecule has 0 N–H and O–H groups in total. The minimum Gasteiger partial charge on any atom is -0.465 e. The van der Waals surface area contributed by atoms with Gasteiger partial charge in [-0.25, -0.2) is 4.79 Å². The quantitative estimate of drug-likeness (QED) is 0.0242. The Hall–Kier alpha value is -4.21. The van der Waals surface area contributed by atoms with Crippen LogP contribution in [0.5, 0.6) is 0 Å². The van der Waals surface area contributed by atoms with E-state index in [2.05, 4.69) is 46.4 Å².